The average Bonchev–Trinajstić information content (AvgIpc) is 2.74. The highest BCUT2D eigenvalue weighted by molar-refractivity contribution is 7.89. The molecule has 2 aromatic carbocycles. The van der Waals surface area contributed by atoms with Crippen LogP contribution in [-0.2, 0) is 21.2 Å². The van der Waals surface area contributed by atoms with Crippen LogP contribution >= 0.6 is 0 Å². The van der Waals surface area contributed by atoms with Crippen LogP contribution in [-0.4, -0.2) is 43.4 Å². The van der Waals surface area contributed by atoms with Crippen LogP contribution in [0, 0.1) is 17.6 Å². The third-order valence-electron chi connectivity index (χ3n) is 5.23. The van der Waals surface area contributed by atoms with Crippen LogP contribution in [0.2, 0.25) is 0 Å². The number of rotatable bonds is 7. The number of phenols is 1. The van der Waals surface area contributed by atoms with E-state index in [2.05, 4.69) is 5.32 Å². The van der Waals surface area contributed by atoms with Crippen LogP contribution in [0.15, 0.2) is 47.4 Å². The van der Waals surface area contributed by atoms with E-state index in [1.165, 1.54) is 4.31 Å². The average molecular weight is 438 g/mol. The number of piperidine rings is 1. The molecule has 1 amide bonds. The summed E-state index contributed by atoms with van der Waals surface area (Å²) in [6.07, 6.45) is 2.25. The van der Waals surface area contributed by atoms with Gasteiger partial charge in [-0.15, -0.1) is 0 Å². The quantitative estimate of drug-likeness (QED) is 0.651. The molecule has 0 aliphatic carbocycles. The third-order valence-corrected chi connectivity index (χ3v) is 7.13. The number of halogens is 2. The van der Waals surface area contributed by atoms with Gasteiger partial charge in [-0.25, -0.2) is 17.2 Å². The number of nitrogens with one attached hydrogen (secondary N) is 1. The number of hydrogen-bond acceptors (Lipinski definition) is 4. The number of nitrogens with zero attached hydrogens (tertiary/aromatic N) is 1. The molecular weight excluding hydrogens is 414 g/mol. The van der Waals surface area contributed by atoms with Gasteiger partial charge in [0.25, 0.3) is 0 Å². The van der Waals surface area contributed by atoms with E-state index in [1.54, 1.807) is 12.1 Å². The molecule has 0 aromatic heterocycles. The standard InChI is InChI=1S/C21H24F2N2O4S/c22-19-8-7-18(14-20(19)23)30(28,29)25-12-9-16(10-13-25)21(27)24-11-1-2-15-3-5-17(26)6-4-15/h3-8,14,16,26H,1-2,9-13H2,(H,24,27). The van der Waals surface area contributed by atoms with E-state index in [9.17, 15) is 27.1 Å². The number of carbonyl (C=O) groups excluding carboxylic acids is 1. The SMILES string of the molecule is O=C(NCCCc1ccc(O)cc1)C1CCN(S(=O)(=O)c2ccc(F)c(F)c2)CC1. The molecule has 0 spiro atoms. The fourth-order valence-electron chi connectivity index (χ4n) is 3.46. The van der Waals surface area contributed by atoms with Crippen molar-refractivity contribution in [1.29, 1.82) is 0 Å². The van der Waals surface area contributed by atoms with Gasteiger partial charge in [-0.1, -0.05) is 12.1 Å². The minimum Gasteiger partial charge on any atom is -0.508 e. The van der Waals surface area contributed by atoms with Crippen molar-refractivity contribution in [3.05, 3.63) is 59.7 Å². The van der Waals surface area contributed by atoms with Gasteiger partial charge in [0.05, 0.1) is 4.90 Å². The van der Waals surface area contributed by atoms with E-state index < -0.39 is 21.7 Å². The Morgan fingerprint density at radius 3 is 2.37 bits per heavy atom. The number of sulfonamides is 1. The van der Waals surface area contributed by atoms with E-state index in [0.29, 0.717) is 25.5 Å². The largest absolute Gasteiger partial charge is 0.508 e. The first-order valence-corrected chi connectivity index (χ1v) is 11.2. The summed E-state index contributed by atoms with van der Waals surface area (Å²) in [5, 5.41) is 12.2. The maximum atomic E-state index is 13.4. The molecular formula is C21H24F2N2O4S. The Morgan fingerprint density at radius 1 is 1.07 bits per heavy atom. The Morgan fingerprint density at radius 2 is 1.73 bits per heavy atom. The smallest absolute Gasteiger partial charge is 0.243 e. The van der Waals surface area contributed by atoms with E-state index in [4.69, 9.17) is 0 Å². The summed E-state index contributed by atoms with van der Waals surface area (Å²) in [6.45, 7) is 0.799. The van der Waals surface area contributed by atoms with E-state index in [0.717, 1.165) is 30.5 Å². The monoisotopic (exact) mass is 438 g/mol. The van der Waals surface area contributed by atoms with Crippen LogP contribution in [0.25, 0.3) is 0 Å². The number of phenolic OH excluding ortho intramolecular Hbond substituents is 1. The zero-order chi connectivity index (χ0) is 21.7. The Labute approximate surface area is 174 Å². The lowest BCUT2D eigenvalue weighted by Crippen LogP contribution is -2.43. The topological polar surface area (TPSA) is 86.7 Å². The van der Waals surface area contributed by atoms with Gasteiger partial charge in [0, 0.05) is 25.6 Å². The van der Waals surface area contributed by atoms with E-state index in [1.807, 2.05) is 12.1 Å². The molecule has 2 aromatic rings. The van der Waals surface area contributed by atoms with E-state index in [-0.39, 0.29) is 35.6 Å². The normalized spacial score (nSPS) is 15.8. The number of carbonyl (C=O) groups is 1. The highest BCUT2D eigenvalue weighted by Gasteiger charge is 2.32. The Hall–Kier alpha value is -2.52. The number of aryl methyl sites for hydroxylation is 1. The molecule has 1 aliphatic rings. The number of benzene rings is 2. The lowest BCUT2D eigenvalue weighted by Gasteiger charge is -2.30. The zero-order valence-electron chi connectivity index (χ0n) is 16.4. The molecule has 0 radical (unpaired) electrons. The molecule has 6 nitrogen and oxygen atoms in total. The summed E-state index contributed by atoms with van der Waals surface area (Å²) in [5.74, 6) is -2.49. The van der Waals surface area contributed by atoms with Crippen LogP contribution < -0.4 is 5.32 Å². The minimum atomic E-state index is -3.93. The summed E-state index contributed by atoms with van der Waals surface area (Å²) in [6, 6.07) is 9.42. The second-order valence-electron chi connectivity index (χ2n) is 7.32. The first-order chi connectivity index (χ1) is 14.3. The van der Waals surface area contributed by atoms with Crippen molar-refractivity contribution in [2.24, 2.45) is 5.92 Å². The maximum absolute atomic E-state index is 13.4. The van der Waals surface area contributed by atoms with Crippen molar-refractivity contribution in [3.8, 4) is 5.75 Å². The van der Waals surface area contributed by atoms with Crippen molar-refractivity contribution in [2.75, 3.05) is 19.6 Å². The van der Waals surface area contributed by atoms with Crippen LogP contribution in [0.1, 0.15) is 24.8 Å². The van der Waals surface area contributed by atoms with Crippen molar-refractivity contribution in [2.45, 2.75) is 30.6 Å². The molecule has 0 saturated carbocycles. The van der Waals surface area contributed by atoms with Gasteiger partial charge < -0.3 is 10.4 Å². The minimum absolute atomic E-state index is 0.106. The Balaban J connectivity index is 1.45. The van der Waals surface area contributed by atoms with Gasteiger partial charge in [0.15, 0.2) is 11.6 Å². The summed E-state index contributed by atoms with van der Waals surface area (Å²) in [7, 11) is -3.93. The first kappa shape index (κ1) is 22.2. The molecule has 1 aliphatic heterocycles. The fraction of sp³-hybridized carbons (Fsp3) is 0.381. The van der Waals surface area contributed by atoms with Gasteiger partial charge in [-0.05, 0) is 61.6 Å². The van der Waals surface area contributed by atoms with Crippen molar-refractivity contribution in [3.63, 3.8) is 0 Å². The molecule has 0 atom stereocenters. The van der Waals surface area contributed by atoms with Crippen molar-refractivity contribution in [1.82, 2.24) is 9.62 Å². The predicted octanol–water partition coefficient (Wildman–Crippen LogP) is 2.82. The Kier molecular flexibility index (Phi) is 7.04. The highest BCUT2D eigenvalue weighted by Crippen LogP contribution is 2.25. The summed E-state index contributed by atoms with van der Waals surface area (Å²) < 4.78 is 52.9. The molecule has 1 saturated heterocycles. The molecule has 0 bridgehead atoms. The number of hydrogen-bond donors (Lipinski definition) is 2. The molecule has 2 N–H and O–H groups in total. The maximum Gasteiger partial charge on any atom is 0.243 e. The first-order valence-electron chi connectivity index (χ1n) is 9.78. The van der Waals surface area contributed by atoms with Crippen LogP contribution in [0.4, 0.5) is 8.78 Å². The lowest BCUT2D eigenvalue weighted by atomic mass is 9.97. The number of amides is 1. The van der Waals surface area contributed by atoms with Crippen LogP contribution in [0.3, 0.4) is 0 Å². The summed E-state index contributed by atoms with van der Waals surface area (Å²) in [5.41, 5.74) is 1.07. The van der Waals surface area contributed by atoms with Crippen molar-refractivity contribution < 1.29 is 27.1 Å². The highest BCUT2D eigenvalue weighted by atomic mass is 32.2. The molecule has 1 heterocycles. The summed E-state index contributed by atoms with van der Waals surface area (Å²) >= 11 is 0. The zero-order valence-corrected chi connectivity index (χ0v) is 17.2. The van der Waals surface area contributed by atoms with Gasteiger partial charge in [0.2, 0.25) is 15.9 Å². The molecule has 1 fully saturated rings. The van der Waals surface area contributed by atoms with Gasteiger partial charge in [-0.3, -0.25) is 4.79 Å². The number of aromatic hydroxyl groups is 1. The van der Waals surface area contributed by atoms with Gasteiger partial charge in [0.1, 0.15) is 5.75 Å². The van der Waals surface area contributed by atoms with E-state index >= 15 is 0 Å². The second-order valence-corrected chi connectivity index (χ2v) is 9.25. The third kappa shape index (κ3) is 5.34. The van der Waals surface area contributed by atoms with Crippen LogP contribution in [0.5, 0.6) is 5.75 Å². The molecule has 30 heavy (non-hydrogen) atoms. The van der Waals surface area contributed by atoms with Gasteiger partial charge in [-0.2, -0.15) is 4.31 Å². The molecule has 9 heteroatoms. The second kappa shape index (κ2) is 9.53. The fourth-order valence-corrected chi connectivity index (χ4v) is 4.94. The lowest BCUT2D eigenvalue weighted by molar-refractivity contribution is -0.126. The molecule has 3 rings (SSSR count). The molecule has 162 valence electrons. The summed E-state index contributed by atoms with van der Waals surface area (Å²) in [4.78, 5) is 12.1. The molecule has 0 unspecified atom stereocenters. The van der Waals surface area contributed by atoms with Gasteiger partial charge >= 0.3 is 0 Å². The Bertz CT molecular complexity index is 989. The van der Waals surface area contributed by atoms with Crippen molar-refractivity contribution >= 4 is 15.9 Å². The predicted molar refractivity (Wildman–Crippen MR) is 107 cm³/mol.